The topological polar surface area (TPSA) is 75.4 Å². The first-order valence-corrected chi connectivity index (χ1v) is 6.73. The maximum absolute atomic E-state index is 11.8. The monoisotopic (exact) mass is 221 g/mol. The molecule has 1 heterocycles. The molecule has 1 rings (SSSR count). The molecule has 1 fully saturated rings. The number of rotatable bonds is 4. The quantitative estimate of drug-likeness (QED) is 0.614. The van der Waals surface area contributed by atoms with E-state index in [0.717, 1.165) is 13.0 Å². The van der Waals surface area contributed by atoms with E-state index in [2.05, 4.69) is 5.32 Å². The van der Waals surface area contributed by atoms with Gasteiger partial charge in [0.25, 0.3) is 0 Å². The van der Waals surface area contributed by atoms with Crippen molar-refractivity contribution >= 4 is 9.84 Å². The van der Waals surface area contributed by atoms with Crippen molar-refractivity contribution in [2.75, 3.05) is 25.4 Å². The first-order valence-electron chi connectivity index (χ1n) is 5.01. The number of hydrogen-bond acceptors (Lipinski definition) is 5. The molecule has 3 N–H and O–H groups in total. The van der Waals surface area contributed by atoms with Gasteiger partial charge in [-0.1, -0.05) is 13.3 Å². The Morgan fingerprint density at radius 2 is 2.29 bits per heavy atom. The fraction of sp³-hybridized carbons (Fsp3) is 1.00. The predicted octanol–water partition coefficient (Wildman–Crippen LogP) is -0.694. The van der Waals surface area contributed by atoms with Gasteiger partial charge in [0.2, 0.25) is 0 Å². The van der Waals surface area contributed by atoms with Crippen LogP contribution in [0.5, 0.6) is 0 Å². The Balaban J connectivity index is 2.60. The highest BCUT2D eigenvalue weighted by Gasteiger charge is 2.31. The van der Waals surface area contributed by atoms with Crippen LogP contribution < -0.4 is 11.2 Å². The van der Waals surface area contributed by atoms with Gasteiger partial charge in [0.1, 0.15) is 5.37 Å². The van der Waals surface area contributed by atoms with Crippen LogP contribution in [0.3, 0.4) is 0 Å². The lowest BCUT2D eigenvalue weighted by molar-refractivity contribution is 0.215. The number of nitrogens with one attached hydrogen (secondary N) is 1. The smallest absolute Gasteiger partial charge is 0.168 e. The van der Waals surface area contributed by atoms with E-state index in [1.165, 1.54) is 5.01 Å². The fourth-order valence-corrected chi connectivity index (χ4v) is 3.36. The Bertz CT molecular complexity index is 266. The third-order valence-corrected chi connectivity index (χ3v) is 4.56. The van der Waals surface area contributed by atoms with Crippen molar-refractivity contribution in [3.63, 3.8) is 0 Å². The summed E-state index contributed by atoms with van der Waals surface area (Å²) in [5.74, 6) is 5.89. The van der Waals surface area contributed by atoms with E-state index < -0.39 is 15.2 Å². The third-order valence-electron chi connectivity index (χ3n) is 2.43. The van der Waals surface area contributed by atoms with Crippen molar-refractivity contribution in [3.05, 3.63) is 0 Å². The van der Waals surface area contributed by atoms with Crippen LogP contribution in [-0.2, 0) is 9.84 Å². The van der Waals surface area contributed by atoms with Crippen molar-refractivity contribution in [2.45, 2.75) is 25.1 Å². The van der Waals surface area contributed by atoms with Crippen LogP contribution >= 0.6 is 0 Å². The fourth-order valence-electron chi connectivity index (χ4n) is 1.51. The summed E-state index contributed by atoms with van der Waals surface area (Å²) in [6, 6.07) is 0. The normalized spacial score (nSPS) is 25.1. The second kappa shape index (κ2) is 5.06. The summed E-state index contributed by atoms with van der Waals surface area (Å²) in [4.78, 5) is 0. The molecule has 1 atom stereocenters. The highest BCUT2D eigenvalue weighted by molar-refractivity contribution is 7.92. The average molecular weight is 221 g/mol. The van der Waals surface area contributed by atoms with E-state index in [1.54, 1.807) is 0 Å². The summed E-state index contributed by atoms with van der Waals surface area (Å²) in [5, 5.41) is 3.94. The Morgan fingerprint density at radius 3 is 2.86 bits per heavy atom. The second-order valence-corrected chi connectivity index (χ2v) is 5.90. The van der Waals surface area contributed by atoms with Gasteiger partial charge in [-0.3, -0.25) is 5.84 Å². The summed E-state index contributed by atoms with van der Waals surface area (Å²) in [7, 11) is -3.06. The van der Waals surface area contributed by atoms with Crippen molar-refractivity contribution < 1.29 is 8.42 Å². The van der Waals surface area contributed by atoms with Crippen molar-refractivity contribution in [3.8, 4) is 0 Å². The molecule has 0 spiro atoms. The molecule has 0 aromatic carbocycles. The molecule has 0 aromatic heterocycles. The number of nitrogens with two attached hydrogens (primary N) is 1. The standard InChI is InChI=1S/C8H19N3O2S/c1-2-3-6-14(12,13)8-7-10-4-5-11(8)9/h8,10H,2-7,9H2,1H3. The summed E-state index contributed by atoms with van der Waals surface area (Å²) >= 11 is 0. The maximum atomic E-state index is 11.8. The first-order chi connectivity index (χ1) is 6.58. The van der Waals surface area contributed by atoms with Crippen molar-refractivity contribution in [1.29, 1.82) is 0 Å². The van der Waals surface area contributed by atoms with E-state index >= 15 is 0 Å². The van der Waals surface area contributed by atoms with Crippen LogP contribution in [0.15, 0.2) is 0 Å². The van der Waals surface area contributed by atoms with Crippen LogP contribution in [0.2, 0.25) is 0 Å². The largest absolute Gasteiger partial charge is 0.313 e. The van der Waals surface area contributed by atoms with E-state index in [0.29, 0.717) is 19.5 Å². The van der Waals surface area contributed by atoms with E-state index in [1.807, 2.05) is 6.92 Å². The summed E-state index contributed by atoms with van der Waals surface area (Å²) < 4.78 is 23.6. The molecule has 0 saturated carbocycles. The molecule has 0 aromatic rings. The minimum Gasteiger partial charge on any atom is -0.313 e. The number of sulfone groups is 1. The number of nitrogens with zero attached hydrogens (tertiary/aromatic N) is 1. The average Bonchev–Trinajstić information content (AvgIpc) is 2.15. The maximum Gasteiger partial charge on any atom is 0.168 e. The molecule has 6 heteroatoms. The first kappa shape index (κ1) is 11.9. The molecule has 14 heavy (non-hydrogen) atoms. The molecule has 5 nitrogen and oxygen atoms in total. The molecule has 1 unspecified atom stereocenters. The van der Waals surface area contributed by atoms with Crippen LogP contribution in [0.1, 0.15) is 19.8 Å². The van der Waals surface area contributed by atoms with Crippen molar-refractivity contribution in [1.82, 2.24) is 10.3 Å². The van der Waals surface area contributed by atoms with Crippen LogP contribution in [0, 0.1) is 0 Å². The van der Waals surface area contributed by atoms with Gasteiger partial charge in [-0.25, -0.2) is 13.4 Å². The number of unbranched alkanes of at least 4 members (excludes halogenated alkanes) is 1. The molecule has 1 saturated heterocycles. The minimum absolute atomic E-state index is 0.240. The minimum atomic E-state index is -3.06. The molecule has 0 amide bonds. The highest BCUT2D eigenvalue weighted by Crippen LogP contribution is 2.09. The van der Waals surface area contributed by atoms with E-state index in [9.17, 15) is 8.42 Å². The predicted molar refractivity (Wildman–Crippen MR) is 56.2 cm³/mol. The van der Waals surface area contributed by atoms with Gasteiger partial charge in [-0.05, 0) is 6.42 Å². The van der Waals surface area contributed by atoms with Crippen LogP contribution in [-0.4, -0.2) is 44.2 Å². The zero-order valence-electron chi connectivity index (χ0n) is 8.57. The zero-order chi connectivity index (χ0) is 10.6. The van der Waals surface area contributed by atoms with Gasteiger partial charge in [0.05, 0.1) is 5.75 Å². The van der Waals surface area contributed by atoms with Crippen LogP contribution in [0.25, 0.3) is 0 Å². The number of hydrogen-bond donors (Lipinski definition) is 2. The Hall–Kier alpha value is -0.170. The molecule has 0 radical (unpaired) electrons. The number of piperazine rings is 1. The summed E-state index contributed by atoms with van der Waals surface area (Å²) in [5.41, 5.74) is 0. The Labute approximate surface area is 85.5 Å². The van der Waals surface area contributed by atoms with Gasteiger partial charge in [-0.15, -0.1) is 0 Å². The number of hydrazine groups is 1. The van der Waals surface area contributed by atoms with Crippen molar-refractivity contribution in [2.24, 2.45) is 5.84 Å². The molecular formula is C8H19N3O2S. The Morgan fingerprint density at radius 1 is 1.57 bits per heavy atom. The van der Waals surface area contributed by atoms with Gasteiger partial charge >= 0.3 is 0 Å². The lowest BCUT2D eigenvalue weighted by Gasteiger charge is -2.31. The molecule has 0 bridgehead atoms. The lowest BCUT2D eigenvalue weighted by atomic mass is 10.4. The van der Waals surface area contributed by atoms with Gasteiger partial charge in [0, 0.05) is 19.6 Å². The third kappa shape index (κ3) is 2.91. The molecule has 1 aliphatic rings. The summed E-state index contributed by atoms with van der Waals surface area (Å²) in [6.45, 7) is 3.78. The highest BCUT2D eigenvalue weighted by atomic mass is 32.2. The molecule has 0 aliphatic carbocycles. The summed E-state index contributed by atoms with van der Waals surface area (Å²) in [6.07, 6.45) is 1.61. The van der Waals surface area contributed by atoms with Crippen LogP contribution in [0.4, 0.5) is 0 Å². The Kier molecular flexibility index (Phi) is 4.31. The molecular weight excluding hydrogens is 202 g/mol. The SMILES string of the molecule is CCCCS(=O)(=O)C1CNCCN1N. The molecule has 84 valence electrons. The van der Waals surface area contributed by atoms with Gasteiger partial charge in [-0.2, -0.15) is 0 Å². The van der Waals surface area contributed by atoms with E-state index in [4.69, 9.17) is 5.84 Å². The zero-order valence-corrected chi connectivity index (χ0v) is 9.39. The van der Waals surface area contributed by atoms with Gasteiger partial charge < -0.3 is 5.32 Å². The lowest BCUT2D eigenvalue weighted by Crippen LogP contribution is -2.58. The van der Waals surface area contributed by atoms with Gasteiger partial charge in [0.15, 0.2) is 9.84 Å². The molecule has 1 aliphatic heterocycles. The van der Waals surface area contributed by atoms with E-state index in [-0.39, 0.29) is 5.75 Å². The second-order valence-electron chi connectivity index (χ2n) is 3.62.